The number of aryl methyl sites for hydroxylation is 1. The number of H-pyrrole nitrogens is 1. The van der Waals surface area contributed by atoms with E-state index in [9.17, 15) is 0 Å². The maximum Gasteiger partial charge on any atom is 0.0456 e. The van der Waals surface area contributed by atoms with Crippen molar-refractivity contribution < 1.29 is 1.43 Å². The summed E-state index contributed by atoms with van der Waals surface area (Å²) in [6.45, 7) is 4.55. The van der Waals surface area contributed by atoms with Crippen molar-refractivity contribution in [2.24, 2.45) is 5.92 Å². The van der Waals surface area contributed by atoms with Crippen molar-refractivity contribution in [3.8, 4) is 0 Å². The van der Waals surface area contributed by atoms with Gasteiger partial charge in [-0.1, -0.05) is 32.0 Å². The molecule has 0 atom stereocenters. The molecule has 76 valence electrons. The smallest absolute Gasteiger partial charge is 0.0456 e. The Balaban J connectivity index is 0.00000112. The zero-order chi connectivity index (χ0) is 9.97. The first-order valence-corrected chi connectivity index (χ1v) is 5.32. The molecule has 0 spiro atoms. The summed E-state index contributed by atoms with van der Waals surface area (Å²) in [5.41, 5.74) is 2.71. The van der Waals surface area contributed by atoms with E-state index >= 15 is 0 Å². The molecule has 0 bridgehead atoms. The van der Waals surface area contributed by atoms with Crippen LogP contribution >= 0.6 is 0 Å². The van der Waals surface area contributed by atoms with Gasteiger partial charge in [-0.2, -0.15) is 0 Å². The van der Waals surface area contributed by atoms with E-state index in [4.69, 9.17) is 0 Å². The van der Waals surface area contributed by atoms with Crippen molar-refractivity contribution in [2.75, 3.05) is 0 Å². The second-order valence-corrected chi connectivity index (χ2v) is 4.29. The molecule has 2 aromatic rings. The summed E-state index contributed by atoms with van der Waals surface area (Å²) >= 11 is 0. The topological polar surface area (TPSA) is 15.8 Å². The Kier molecular flexibility index (Phi) is 2.58. The van der Waals surface area contributed by atoms with Gasteiger partial charge in [0.1, 0.15) is 0 Å². The van der Waals surface area contributed by atoms with E-state index < -0.39 is 0 Å². The van der Waals surface area contributed by atoms with Crippen molar-refractivity contribution in [3.63, 3.8) is 0 Å². The van der Waals surface area contributed by atoms with Gasteiger partial charge >= 0.3 is 0 Å². The van der Waals surface area contributed by atoms with Gasteiger partial charge in [-0.15, -0.1) is 0 Å². The molecule has 0 fully saturated rings. The van der Waals surface area contributed by atoms with Crippen LogP contribution in [0.4, 0.5) is 0 Å². The second kappa shape index (κ2) is 3.87. The van der Waals surface area contributed by atoms with E-state index in [1.165, 1.54) is 29.3 Å². The molecular weight excluding hydrogens is 170 g/mol. The third-order valence-corrected chi connectivity index (χ3v) is 2.67. The number of hydrogen-bond acceptors (Lipinski definition) is 0. The summed E-state index contributed by atoms with van der Waals surface area (Å²) in [6.07, 6.45) is 4.59. The highest BCUT2D eigenvalue weighted by Gasteiger charge is 2.03. The van der Waals surface area contributed by atoms with Crippen LogP contribution in [0.25, 0.3) is 10.9 Å². The molecule has 0 radical (unpaired) electrons. The van der Waals surface area contributed by atoms with Crippen molar-refractivity contribution >= 4 is 10.9 Å². The number of benzene rings is 1. The van der Waals surface area contributed by atoms with E-state index in [2.05, 4.69) is 49.3 Å². The molecule has 1 heterocycles. The lowest BCUT2D eigenvalue weighted by Crippen LogP contribution is -1.90. The molecule has 14 heavy (non-hydrogen) atoms. The van der Waals surface area contributed by atoms with Gasteiger partial charge in [0.05, 0.1) is 0 Å². The molecule has 0 saturated carbocycles. The maximum absolute atomic E-state index is 3.31. The molecule has 0 aliphatic heterocycles. The highest BCUT2D eigenvalue weighted by molar-refractivity contribution is 5.82. The Bertz CT molecular complexity index is 417. The molecule has 1 N–H and O–H groups in total. The second-order valence-electron chi connectivity index (χ2n) is 4.29. The highest BCUT2D eigenvalue weighted by atomic mass is 14.7. The monoisotopic (exact) mass is 189 g/mol. The van der Waals surface area contributed by atoms with Crippen molar-refractivity contribution in [1.82, 2.24) is 4.98 Å². The summed E-state index contributed by atoms with van der Waals surface area (Å²) in [4.78, 5) is 3.31. The van der Waals surface area contributed by atoms with Gasteiger partial charge in [-0.3, -0.25) is 0 Å². The number of aromatic nitrogens is 1. The molecule has 0 unspecified atom stereocenters. The molecular formula is C13H19N. The van der Waals surface area contributed by atoms with E-state index in [0.717, 1.165) is 5.92 Å². The minimum absolute atomic E-state index is 0. The van der Waals surface area contributed by atoms with E-state index in [1.807, 2.05) is 0 Å². The van der Waals surface area contributed by atoms with Crippen LogP contribution in [0.3, 0.4) is 0 Å². The largest absolute Gasteiger partial charge is 0.361 e. The van der Waals surface area contributed by atoms with Gasteiger partial charge in [0.15, 0.2) is 0 Å². The van der Waals surface area contributed by atoms with E-state index in [-0.39, 0.29) is 1.43 Å². The first-order chi connectivity index (χ1) is 6.77. The molecule has 1 aromatic carbocycles. The molecule has 2 rings (SSSR count). The number of rotatable bonds is 3. The van der Waals surface area contributed by atoms with Crippen LogP contribution in [0, 0.1) is 5.92 Å². The Hall–Kier alpha value is -1.24. The number of nitrogens with one attached hydrogen (secondary N) is 1. The standard InChI is InChI=1S/C13H17N.H2/c1-10(2)7-8-11-9-14-13-6-4-3-5-12(11)13;/h3-6,9-10,14H,7-8H2,1-2H3;1H. The molecule has 0 aliphatic rings. The van der Waals surface area contributed by atoms with E-state index in [0.29, 0.717) is 0 Å². The average molecular weight is 189 g/mol. The summed E-state index contributed by atoms with van der Waals surface area (Å²) in [5, 5.41) is 1.38. The van der Waals surface area contributed by atoms with Crippen LogP contribution in [0.15, 0.2) is 30.5 Å². The molecule has 0 aliphatic carbocycles. The fourth-order valence-corrected chi connectivity index (χ4v) is 1.78. The SMILES string of the molecule is CC(C)CCc1c[nH]c2ccccc12.[HH]. The van der Waals surface area contributed by atoms with Gasteiger partial charge < -0.3 is 4.98 Å². The van der Waals surface area contributed by atoms with Crippen LogP contribution < -0.4 is 0 Å². The molecule has 1 heteroatoms. The van der Waals surface area contributed by atoms with E-state index in [1.54, 1.807) is 0 Å². The number of fused-ring (bicyclic) bond motifs is 1. The first-order valence-electron chi connectivity index (χ1n) is 5.32. The lowest BCUT2D eigenvalue weighted by molar-refractivity contribution is 0.588. The quantitative estimate of drug-likeness (QED) is 0.751. The predicted octanol–water partition coefficient (Wildman–Crippen LogP) is 4.00. The fraction of sp³-hybridized carbons (Fsp3) is 0.385. The molecule has 0 saturated heterocycles. The normalized spacial score (nSPS) is 11.4. The minimum Gasteiger partial charge on any atom is -0.361 e. The zero-order valence-electron chi connectivity index (χ0n) is 8.88. The summed E-state index contributed by atoms with van der Waals surface area (Å²) in [6, 6.07) is 8.51. The average Bonchev–Trinajstić information content (AvgIpc) is 2.58. The summed E-state index contributed by atoms with van der Waals surface area (Å²) < 4.78 is 0. The third kappa shape index (κ3) is 1.82. The fourth-order valence-electron chi connectivity index (χ4n) is 1.78. The minimum atomic E-state index is 0. The maximum atomic E-state index is 3.31. The predicted molar refractivity (Wildman–Crippen MR) is 63.6 cm³/mol. The van der Waals surface area contributed by atoms with Crippen LogP contribution in [0.1, 0.15) is 27.3 Å². The van der Waals surface area contributed by atoms with Crippen LogP contribution in [-0.2, 0) is 6.42 Å². The van der Waals surface area contributed by atoms with Gasteiger partial charge in [0.2, 0.25) is 0 Å². The Morgan fingerprint density at radius 2 is 2.07 bits per heavy atom. The van der Waals surface area contributed by atoms with Crippen molar-refractivity contribution in [3.05, 3.63) is 36.0 Å². The van der Waals surface area contributed by atoms with Gasteiger partial charge in [-0.25, -0.2) is 0 Å². The Morgan fingerprint density at radius 1 is 1.29 bits per heavy atom. The molecule has 0 amide bonds. The van der Waals surface area contributed by atoms with Crippen LogP contribution in [0.2, 0.25) is 0 Å². The third-order valence-electron chi connectivity index (χ3n) is 2.67. The lowest BCUT2D eigenvalue weighted by Gasteiger charge is -2.02. The van der Waals surface area contributed by atoms with Gasteiger partial charge in [-0.05, 0) is 30.4 Å². The van der Waals surface area contributed by atoms with Gasteiger partial charge in [0, 0.05) is 18.5 Å². The first kappa shape index (κ1) is 9.32. The van der Waals surface area contributed by atoms with Crippen LogP contribution in [-0.4, -0.2) is 4.98 Å². The Morgan fingerprint density at radius 3 is 2.86 bits per heavy atom. The highest BCUT2D eigenvalue weighted by Crippen LogP contribution is 2.20. The Labute approximate surface area is 86.6 Å². The zero-order valence-corrected chi connectivity index (χ0v) is 8.88. The number of para-hydroxylation sites is 1. The molecule has 1 nitrogen and oxygen atoms in total. The van der Waals surface area contributed by atoms with Crippen molar-refractivity contribution in [1.29, 1.82) is 0 Å². The van der Waals surface area contributed by atoms with Crippen LogP contribution in [0.5, 0.6) is 0 Å². The lowest BCUT2D eigenvalue weighted by atomic mass is 10.0. The van der Waals surface area contributed by atoms with Gasteiger partial charge in [0.25, 0.3) is 0 Å². The molecule has 1 aromatic heterocycles. The number of aromatic amines is 1. The summed E-state index contributed by atoms with van der Waals surface area (Å²) in [7, 11) is 0. The van der Waals surface area contributed by atoms with Crippen molar-refractivity contribution in [2.45, 2.75) is 26.7 Å². The summed E-state index contributed by atoms with van der Waals surface area (Å²) in [5.74, 6) is 0.781. The number of hydrogen-bond donors (Lipinski definition) is 1.